The van der Waals surface area contributed by atoms with Crippen LogP contribution in [-0.2, 0) is 20.5 Å². The van der Waals surface area contributed by atoms with Crippen molar-refractivity contribution in [3.05, 3.63) is 77.7 Å². The topological polar surface area (TPSA) is 98.1 Å². The van der Waals surface area contributed by atoms with Crippen LogP contribution in [-0.4, -0.2) is 21.8 Å². The Labute approximate surface area is 194 Å². The molecule has 3 N–H and O–H groups in total. The van der Waals surface area contributed by atoms with Gasteiger partial charge >= 0.3 is 12.1 Å². The Morgan fingerprint density at radius 3 is 2.38 bits per heavy atom. The van der Waals surface area contributed by atoms with E-state index in [1.54, 1.807) is 36.4 Å². The molecule has 1 heterocycles. The van der Waals surface area contributed by atoms with Gasteiger partial charge in [0.1, 0.15) is 5.82 Å². The lowest BCUT2D eigenvalue weighted by atomic mass is 9.81. The van der Waals surface area contributed by atoms with E-state index in [4.69, 9.17) is 10.5 Å². The average Bonchev–Trinajstić information content (AvgIpc) is 3.33. The molecule has 178 valence electrons. The number of benzene rings is 2. The average molecular weight is 471 g/mol. The number of aromatic nitrogens is 2. The van der Waals surface area contributed by atoms with E-state index in [9.17, 15) is 22.8 Å². The third kappa shape index (κ3) is 5.30. The molecule has 34 heavy (non-hydrogen) atoms. The maximum atomic E-state index is 13.0. The van der Waals surface area contributed by atoms with Gasteiger partial charge in [-0.1, -0.05) is 42.5 Å². The molecule has 1 atom stereocenters. The second-order valence-electron chi connectivity index (χ2n) is 8.44. The predicted molar refractivity (Wildman–Crippen MR) is 118 cm³/mol. The van der Waals surface area contributed by atoms with E-state index in [2.05, 4.69) is 9.97 Å². The van der Waals surface area contributed by atoms with E-state index >= 15 is 0 Å². The van der Waals surface area contributed by atoms with Gasteiger partial charge in [0, 0.05) is 17.0 Å². The first-order valence-corrected chi connectivity index (χ1v) is 11.0. The summed E-state index contributed by atoms with van der Waals surface area (Å²) in [4.78, 5) is 32.0. The van der Waals surface area contributed by atoms with Crippen LogP contribution in [0.5, 0.6) is 0 Å². The number of primary amides is 1. The minimum Gasteiger partial charge on any atom is -0.447 e. The van der Waals surface area contributed by atoms with Crippen molar-refractivity contribution in [3.63, 3.8) is 0 Å². The van der Waals surface area contributed by atoms with Crippen molar-refractivity contribution >= 4 is 11.9 Å². The van der Waals surface area contributed by atoms with Gasteiger partial charge in [-0.25, -0.2) is 4.98 Å². The Kier molecular flexibility index (Phi) is 6.72. The van der Waals surface area contributed by atoms with Gasteiger partial charge in [0.25, 0.3) is 5.91 Å². The number of H-pyrrole nitrogens is 1. The van der Waals surface area contributed by atoms with Crippen LogP contribution < -0.4 is 5.73 Å². The van der Waals surface area contributed by atoms with Crippen molar-refractivity contribution < 1.29 is 27.5 Å². The maximum Gasteiger partial charge on any atom is 0.416 e. The SMILES string of the molecule is NC(=O)C(OC(=O)C1CCC(c2ncc(-c3cccc(C(F)(F)F)c3)[nH]2)CC1)c1ccccc1. The van der Waals surface area contributed by atoms with Gasteiger partial charge in [0.2, 0.25) is 6.10 Å². The Hall–Kier alpha value is -3.62. The largest absolute Gasteiger partial charge is 0.447 e. The van der Waals surface area contributed by atoms with Crippen LogP contribution in [0.3, 0.4) is 0 Å². The number of halogens is 3. The van der Waals surface area contributed by atoms with E-state index in [0.29, 0.717) is 48.3 Å². The highest BCUT2D eigenvalue weighted by Gasteiger charge is 2.33. The number of hydrogen-bond acceptors (Lipinski definition) is 4. The minimum atomic E-state index is -4.42. The first kappa shape index (κ1) is 23.5. The molecular weight excluding hydrogens is 447 g/mol. The van der Waals surface area contributed by atoms with Crippen molar-refractivity contribution in [2.45, 2.75) is 43.9 Å². The zero-order valence-electron chi connectivity index (χ0n) is 18.2. The number of esters is 1. The van der Waals surface area contributed by atoms with Crippen molar-refractivity contribution in [1.82, 2.24) is 9.97 Å². The van der Waals surface area contributed by atoms with Crippen LogP contribution in [0.25, 0.3) is 11.3 Å². The number of nitrogens with zero attached hydrogens (tertiary/aromatic N) is 1. The maximum absolute atomic E-state index is 13.0. The smallest absolute Gasteiger partial charge is 0.416 e. The number of carbonyl (C=O) groups is 2. The van der Waals surface area contributed by atoms with Gasteiger partial charge in [-0.3, -0.25) is 9.59 Å². The molecule has 3 aromatic rings. The Bertz CT molecular complexity index is 1150. The third-order valence-corrected chi connectivity index (χ3v) is 6.14. The molecule has 0 aliphatic heterocycles. The molecule has 1 aliphatic rings. The highest BCUT2D eigenvalue weighted by Crippen LogP contribution is 2.37. The summed E-state index contributed by atoms with van der Waals surface area (Å²) >= 11 is 0. The second kappa shape index (κ2) is 9.70. The molecule has 1 fully saturated rings. The van der Waals surface area contributed by atoms with Crippen LogP contribution in [0.2, 0.25) is 0 Å². The van der Waals surface area contributed by atoms with Crippen LogP contribution in [0.15, 0.2) is 60.8 Å². The zero-order chi connectivity index (χ0) is 24.3. The van der Waals surface area contributed by atoms with Crippen LogP contribution in [0.1, 0.15) is 54.7 Å². The summed E-state index contributed by atoms with van der Waals surface area (Å²) in [6.07, 6.45) is -1.62. The molecule has 1 aliphatic carbocycles. The number of carbonyl (C=O) groups excluding carboxylic acids is 2. The first-order chi connectivity index (χ1) is 16.2. The number of ether oxygens (including phenoxy) is 1. The van der Waals surface area contributed by atoms with Crippen molar-refractivity contribution in [1.29, 1.82) is 0 Å². The Balaban J connectivity index is 1.38. The van der Waals surface area contributed by atoms with E-state index in [1.165, 1.54) is 12.3 Å². The summed E-state index contributed by atoms with van der Waals surface area (Å²) in [5.74, 6) is -0.830. The molecule has 1 aromatic heterocycles. The fourth-order valence-corrected chi connectivity index (χ4v) is 4.29. The Morgan fingerprint density at radius 2 is 1.74 bits per heavy atom. The number of hydrogen-bond donors (Lipinski definition) is 2. The molecule has 0 saturated heterocycles. The number of alkyl halides is 3. The van der Waals surface area contributed by atoms with Crippen LogP contribution >= 0.6 is 0 Å². The minimum absolute atomic E-state index is 0.0460. The summed E-state index contributed by atoms with van der Waals surface area (Å²) in [6, 6.07) is 13.7. The number of aromatic amines is 1. The number of rotatable bonds is 6. The van der Waals surface area contributed by atoms with E-state index in [1.807, 2.05) is 0 Å². The van der Waals surface area contributed by atoms with Gasteiger partial charge in [0.15, 0.2) is 0 Å². The zero-order valence-corrected chi connectivity index (χ0v) is 18.2. The van der Waals surface area contributed by atoms with Gasteiger partial charge in [-0.15, -0.1) is 0 Å². The molecule has 2 aromatic carbocycles. The molecule has 4 rings (SSSR count). The predicted octanol–water partition coefficient (Wildman–Crippen LogP) is 5.14. The second-order valence-corrected chi connectivity index (χ2v) is 8.44. The fraction of sp³-hybridized carbons (Fsp3) is 0.320. The molecule has 1 unspecified atom stereocenters. The quantitative estimate of drug-likeness (QED) is 0.487. The number of imidazole rings is 1. The molecular formula is C25H24F3N3O3. The number of nitrogens with two attached hydrogens (primary N) is 1. The summed E-state index contributed by atoms with van der Waals surface area (Å²) in [5, 5.41) is 0. The van der Waals surface area contributed by atoms with E-state index in [0.717, 1.165) is 12.1 Å². The monoisotopic (exact) mass is 471 g/mol. The van der Waals surface area contributed by atoms with Crippen molar-refractivity contribution in [3.8, 4) is 11.3 Å². The summed E-state index contributed by atoms with van der Waals surface area (Å²) in [6.45, 7) is 0. The molecule has 1 saturated carbocycles. The van der Waals surface area contributed by atoms with E-state index < -0.39 is 29.7 Å². The standard InChI is InChI=1S/C25H24F3N3O3/c26-25(27,28)19-8-4-7-18(13-19)20-14-30-23(31-20)16-9-11-17(12-10-16)24(33)34-21(22(29)32)15-5-2-1-3-6-15/h1-8,13-14,16-17,21H,9-12H2,(H2,29,32)(H,30,31). The van der Waals surface area contributed by atoms with Gasteiger partial charge in [-0.2, -0.15) is 13.2 Å². The molecule has 6 nitrogen and oxygen atoms in total. The summed E-state index contributed by atoms with van der Waals surface area (Å²) in [5.41, 5.74) is 6.16. The first-order valence-electron chi connectivity index (χ1n) is 11.0. The lowest BCUT2D eigenvalue weighted by molar-refractivity contribution is -0.160. The number of amides is 1. The highest BCUT2D eigenvalue weighted by atomic mass is 19.4. The molecule has 0 spiro atoms. The summed E-state index contributed by atoms with van der Waals surface area (Å²) in [7, 11) is 0. The molecule has 0 bridgehead atoms. The lowest BCUT2D eigenvalue weighted by Crippen LogP contribution is -2.30. The van der Waals surface area contributed by atoms with Crippen molar-refractivity contribution in [2.24, 2.45) is 11.7 Å². The number of nitrogens with one attached hydrogen (secondary N) is 1. The van der Waals surface area contributed by atoms with Gasteiger partial charge < -0.3 is 15.5 Å². The van der Waals surface area contributed by atoms with Crippen LogP contribution in [0.4, 0.5) is 13.2 Å². The van der Waals surface area contributed by atoms with Gasteiger partial charge in [0.05, 0.1) is 23.4 Å². The molecule has 1 amide bonds. The van der Waals surface area contributed by atoms with Crippen molar-refractivity contribution in [2.75, 3.05) is 0 Å². The fourth-order valence-electron chi connectivity index (χ4n) is 4.29. The van der Waals surface area contributed by atoms with Gasteiger partial charge in [-0.05, 0) is 37.8 Å². The third-order valence-electron chi connectivity index (χ3n) is 6.14. The normalized spacial score (nSPS) is 19.4. The molecule has 9 heteroatoms. The summed E-state index contributed by atoms with van der Waals surface area (Å²) < 4.78 is 44.5. The highest BCUT2D eigenvalue weighted by molar-refractivity contribution is 5.84. The van der Waals surface area contributed by atoms with E-state index in [-0.39, 0.29) is 11.8 Å². The molecule has 0 radical (unpaired) electrons. The Morgan fingerprint density at radius 1 is 1.03 bits per heavy atom. The van der Waals surface area contributed by atoms with Crippen LogP contribution in [0, 0.1) is 5.92 Å². The lowest BCUT2D eigenvalue weighted by Gasteiger charge is -2.27.